The number of hydrogen-bond acceptors (Lipinski definition) is 5. The molecule has 1 aromatic heterocycles. The number of aliphatic carboxylic acids is 1. The summed E-state index contributed by atoms with van der Waals surface area (Å²) in [5.74, 6) is -0.992. The lowest BCUT2D eigenvalue weighted by Crippen LogP contribution is -2.49. The highest BCUT2D eigenvalue weighted by atomic mass is 16.5. The van der Waals surface area contributed by atoms with Crippen molar-refractivity contribution in [1.82, 2.24) is 20.0 Å². The van der Waals surface area contributed by atoms with Gasteiger partial charge < -0.3 is 14.7 Å². The molecule has 26 heavy (non-hydrogen) atoms. The van der Waals surface area contributed by atoms with E-state index in [1.165, 1.54) is 0 Å². The molecular weight excluding hydrogens is 336 g/mol. The normalized spacial score (nSPS) is 17.5. The molecule has 1 saturated heterocycles. The summed E-state index contributed by atoms with van der Waals surface area (Å²) in [5, 5.41) is 15.8. The Kier molecular flexibility index (Phi) is 5.65. The number of nitrogens with zero attached hydrogens (tertiary/aromatic N) is 3. The summed E-state index contributed by atoms with van der Waals surface area (Å²) in [6, 6.07) is 9.59. The van der Waals surface area contributed by atoms with Crippen molar-refractivity contribution < 1.29 is 19.4 Å². The van der Waals surface area contributed by atoms with E-state index in [0.29, 0.717) is 37.5 Å². The number of hydrogen-bond donors (Lipinski definition) is 2. The molecule has 1 aromatic carbocycles. The largest absolute Gasteiger partial charge is 0.480 e. The van der Waals surface area contributed by atoms with Gasteiger partial charge >= 0.3 is 5.97 Å². The highest BCUT2D eigenvalue weighted by molar-refractivity contribution is 5.99. The lowest BCUT2D eigenvalue weighted by molar-refractivity contribution is -0.138. The molecule has 3 rings (SSSR count). The zero-order valence-corrected chi connectivity index (χ0v) is 14.6. The van der Waals surface area contributed by atoms with Crippen molar-refractivity contribution >= 4 is 11.9 Å². The van der Waals surface area contributed by atoms with Crippen molar-refractivity contribution in [2.45, 2.75) is 6.10 Å². The molecule has 2 heterocycles. The van der Waals surface area contributed by atoms with Gasteiger partial charge in [-0.1, -0.05) is 30.3 Å². The Balaban J connectivity index is 1.69. The Labute approximate surface area is 151 Å². The topological polar surface area (TPSA) is 98.8 Å². The molecule has 8 nitrogen and oxygen atoms in total. The number of morpholine rings is 1. The number of ether oxygens (including phenoxy) is 1. The molecule has 2 N–H and O–H groups in total. The number of benzene rings is 1. The van der Waals surface area contributed by atoms with Crippen molar-refractivity contribution in [2.24, 2.45) is 0 Å². The standard InChI is InChI=1S/C18H22N4O4/c1-21(12-16(23)24)10-14-11-22(7-8-26-14)18(25)15-9-19-20-17(15)13-5-3-2-4-6-13/h2-6,9,14H,7-8,10-12H2,1H3,(H,19,20)(H,23,24). The van der Waals surface area contributed by atoms with E-state index in [-0.39, 0.29) is 18.6 Å². The predicted molar refractivity (Wildman–Crippen MR) is 94.8 cm³/mol. The second-order valence-corrected chi connectivity index (χ2v) is 6.36. The minimum atomic E-state index is -0.887. The monoisotopic (exact) mass is 358 g/mol. The fourth-order valence-corrected chi connectivity index (χ4v) is 3.10. The number of rotatable bonds is 6. The van der Waals surface area contributed by atoms with Crippen LogP contribution in [0.25, 0.3) is 11.3 Å². The summed E-state index contributed by atoms with van der Waals surface area (Å²) < 4.78 is 5.69. The van der Waals surface area contributed by atoms with E-state index in [1.807, 2.05) is 30.3 Å². The number of H-pyrrole nitrogens is 1. The third kappa shape index (κ3) is 4.27. The molecule has 138 valence electrons. The quantitative estimate of drug-likeness (QED) is 0.797. The number of likely N-dealkylation sites (N-methyl/N-ethyl adjacent to an activating group) is 1. The van der Waals surface area contributed by atoms with Crippen LogP contribution in [0, 0.1) is 0 Å². The second-order valence-electron chi connectivity index (χ2n) is 6.36. The van der Waals surface area contributed by atoms with E-state index in [2.05, 4.69) is 10.2 Å². The van der Waals surface area contributed by atoms with Crippen molar-refractivity contribution in [1.29, 1.82) is 0 Å². The number of amides is 1. The first-order chi connectivity index (χ1) is 12.5. The van der Waals surface area contributed by atoms with Crippen LogP contribution in [0.4, 0.5) is 0 Å². The van der Waals surface area contributed by atoms with Crippen molar-refractivity contribution in [2.75, 3.05) is 39.8 Å². The lowest BCUT2D eigenvalue weighted by atomic mass is 10.1. The Hall–Kier alpha value is -2.71. The molecule has 2 aromatic rings. The molecule has 8 heteroatoms. The van der Waals surface area contributed by atoms with E-state index in [0.717, 1.165) is 5.56 Å². The Bertz CT molecular complexity index is 762. The number of carboxylic acid groups (broad SMARTS) is 1. The Morgan fingerprint density at radius 2 is 2.15 bits per heavy atom. The van der Waals surface area contributed by atoms with E-state index in [4.69, 9.17) is 9.84 Å². The summed E-state index contributed by atoms with van der Waals surface area (Å²) in [6.45, 7) is 1.73. The van der Waals surface area contributed by atoms with E-state index in [9.17, 15) is 9.59 Å². The average Bonchev–Trinajstić information content (AvgIpc) is 3.11. The van der Waals surface area contributed by atoms with Crippen LogP contribution < -0.4 is 0 Å². The van der Waals surface area contributed by atoms with Crippen molar-refractivity contribution in [3.05, 3.63) is 42.1 Å². The third-order valence-electron chi connectivity index (χ3n) is 4.28. The van der Waals surface area contributed by atoms with Gasteiger partial charge in [0.05, 0.1) is 36.7 Å². The summed E-state index contributed by atoms with van der Waals surface area (Å²) in [5.41, 5.74) is 2.12. The zero-order chi connectivity index (χ0) is 18.5. The summed E-state index contributed by atoms with van der Waals surface area (Å²) >= 11 is 0. The van der Waals surface area contributed by atoms with Gasteiger partial charge in [-0.25, -0.2) is 0 Å². The average molecular weight is 358 g/mol. The molecule has 1 fully saturated rings. The van der Waals surface area contributed by atoms with Crippen molar-refractivity contribution in [3.63, 3.8) is 0 Å². The van der Waals surface area contributed by atoms with Gasteiger partial charge in [0, 0.05) is 25.2 Å². The highest BCUT2D eigenvalue weighted by Crippen LogP contribution is 2.22. The van der Waals surface area contributed by atoms with E-state index < -0.39 is 5.97 Å². The molecule has 1 unspecified atom stereocenters. The third-order valence-corrected chi connectivity index (χ3v) is 4.28. The maximum Gasteiger partial charge on any atom is 0.317 e. The van der Waals surface area contributed by atoms with Crippen LogP contribution in [0.3, 0.4) is 0 Å². The molecule has 1 amide bonds. The van der Waals surface area contributed by atoms with Crippen molar-refractivity contribution in [3.8, 4) is 11.3 Å². The van der Waals surface area contributed by atoms with Gasteiger partial charge in [0.25, 0.3) is 5.91 Å². The molecule has 1 aliphatic rings. The molecule has 0 aliphatic carbocycles. The maximum atomic E-state index is 13.0. The summed E-state index contributed by atoms with van der Waals surface area (Å²) in [7, 11) is 1.72. The molecule has 0 bridgehead atoms. The van der Waals surface area contributed by atoms with Crippen LogP contribution in [0.2, 0.25) is 0 Å². The van der Waals surface area contributed by atoms with Crippen LogP contribution in [-0.4, -0.2) is 82.9 Å². The summed E-state index contributed by atoms with van der Waals surface area (Å²) in [4.78, 5) is 27.2. The molecule has 0 saturated carbocycles. The number of nitrogens with one attached hydrogen (secondary N) is 1. The maximum absolute atomic E-state index is 13.0. The Morgan fingerprint density at radius 1 is 1.38 bits per heavy atom. The lowest BCUT2D eigenvalue weighted by Gasteiger charge is -2.34. The SMILES string of the molecule is CN(CC(=O)O)CC1CN(C(=O)c2cn[nH]c2-c2ccccc2)CCO1. The first kappa shape index (κ1) is 18.1. The minimum Gasteiger partial charge on any atom is -0.480 e. The van der Waals surface area contributed by atoms with Gasteiger partial charge in [-0.15, -0.1) is 0 Å². The fourth-order valence-electron chi connectivity index (χ4n) is 3.10. The van der Waals surface area contributed by atoms with Crippen LogP contribution in [0.1, 0.15) is 10.4 Å². The zero-order valence-electron chi connectivity index (χ0n) is 14.6. The van der Waals surface area contributed by atoms with E-state index >= 15 is 0 Å². The van der Waals surface area contributed by atoms with Gasteiger partial charge in [-0.05, 0) is 7.05 Å². The number of carbonyl (C=O) groups excluding carboxylic acids is 1. The number of carboxylic acids is 1. The van der Waals surface area contributed by atoms with Crippen LogP contribution in [-0.2, 0) is 9.53 Å². The highest BCUT2D eigenvalue weighted by Gasteiger charge is 2.28. The molecular formula is C18H22N4O4. The first-order valence-electron chi connectivity index (χ1n) is 8.44. The Morgan fingerprint density at radius 3 is 2.88 bits per heavy atom. The fraction of sp³-hybridized carbons (Fsp3) is 0.389. The summed E-state index contributed by atoms with van der Waals surface area (Å²) in [6.07, 6.45) is 1.33. The van der Waals surface area contributed by atoms with E-state index in [1.54, 1.807) is 23.0 Å². The molecule has 0 radical (unpaired) electrons. The second kappa shape index (κ2) is 8.11. The minimum absolute atomic E-state index is 0.0618. The van der Waals surface area contributed by atoms with Crippen LogP contribution >= 0.6 is 0 Å². The van der Waals surface area contributed by atoms with Gasteiger partial charge in [0.1, 0.15) is 0 Å². The van der Waals surface area contributed by atoms with Gasteiger partial charge in [-0.2, -0.15) is 5.10 Å². The van der Waals surface area contributed by atoms with Gasteiger partial charge in [0.15, 0.2) is 0 Å². The van der Waals surface area contributed by atoms with Gasteiger partial charge in [-0.3, -0.25) is 19.6 Å². The van der Waals surface area contributed by atoms with Crippen LogP contribution in [0.5, 0.6) is 0 Å². The number of aromatic amines is 1. The number of carbonyl (C=O) groups is 2. The number of aromatic nitrogens is 2. The molecule has 1 atom stereocenters. The predicted octanol–water partition coefficient (Wildman–Crippen LogP) is 0.934. The molecule has 1 aliphatic heterocycles. The smallest absolute Gasteiger partial charge is 0.317 e. The van der Waals surface area contributed by atoms with Gasteiger partial charge in [0.2, 0.25) is 0 Å². The van der Waals surface area contributed by atoms with Crippen LogP contribution in [0.15, 0.2) is 36.5 Å². The molecule has 0 spiro atoms. The first-order valence-corrected chi connectivity index (χ1v) is 8.44.